The van der Waals surface area contributed by atoms with Crippen LogP contribution in [0, 0.1) is 0 Å². The van der Waals surface area contributed by atoms with Gasteiger partial charge in [0.05, 0.1) is 11.9 Å². The van der Waals surface area contributed by atoms with Crippen LogP contribution in [0.3, 0.4) is 0 Å². The molecular weight excluding hydrogens is 244 g/mol. The van der Waals surface area contributed by atoms with Crippen LogP contribution < -0.4 is 11.1 Å². The third kappa shape index (κ3) is 3.48. The molecule has 0 spiro atoms. The number of carbonyl (C=O) groups is 1. The van der Waals surface area contributed by atoms with Crippen molar-refractivity contribution in [3.63, 3.8) is 0 Å². The minimum Gasteiger partial charge on any atom is -0.478 e. The van der Waals surface area contributed by atoms with Crippen molar-refractivity contribution in [2.45, 2.75) is 13.0 Å². The van der Waals surface area contributed by atoms with E-state index >= 15 is 0 Å². The van der Waals surface area contributed by atoms with Crippen LogP contribution in [-0.4, -0.2) is 27.2 Å². The SMILES string of the molecule is Nc1ccc(NCCCn2ccnc2)cc1C(=O)O. The third-order valence-corrected chi connectivity index (χ3v) is 2.77. The topological polar surface area (TPSA) is 93.2 Å². The fourth-order valence-electron chi connectivity index (χ4n) is 1.76. The van der Waals surface area contributed by atoms with Crippen LogP contribution in [0.25, 0.3) is 0 Å². The maximum atomic E-state index is 10.9. The first-order valence-electron chi connectivity index (χ1n) is 5.99. The molecule has 0 bridgehead atoms. The summed E-state index contributed by atoms with van der Waals surface area (Å²) in [5, 5.41) is 12.1. The van der Waals surface area contributed by atoms with Crippen LogP contribution in [0.2, 0.25) is 0 Å². The van der Waals surface area contributed by atoms with E-state index in [0.29, 0.717) is 0 Å². The number of nitrogens with zero attached hydrogens (tertiary/aromatic N) is 2. The molecule has 0 aliphatic heterocycles. The normalized spacial score (nSPS) is 10.3. The monoisotopic (exact) mass is 260 g/mol. The highest BCUT2D eigenvalue weighted by Crippen LogP contribution is 2.17. The Balaban J connectivity index is 1.86. The fraction of sp³-hybridized carbons (Fsp3) is 0.231. The summed E-state index contributed by atoms with van der Waals surface area (Å²) >= 11 is 0. The molecule has 0 unspecified atom stereocenters. The zero-order valence-electron chi connectivity index (χ0n) is 10.4. The van der Waals surface area contributed by atoms with Crippen LogP contribution in [0.1, 0.15) is 16.8 Å². The quantitative estimate of drug-likeness (QED) is 0.542. The lowest BCUT2D eigenvalue weighted by atomic mass is 10.1. The van der Waals surface area contributed by atoms with Crippen molar-refractivity contribution in [2.24, 2.45) is 0 Å². The zero-order chi connectivity index (χ0) is 13.7. The van der Waals surface area contributed by atoms with E-state index in [4.69, 9.17) is 10.8 Å². The van der Waals surface area contributed by atoms with Gasteiger partial charge in [0.15, 0.2) is 0 Å². The van der Waals surface area contributed by atoms with Gasteiger partial charge in [-0.3, -0.25) is 0 Å². The third-order valence-electron chi connectivity index (χ3n) is 2.77. The van der Waals surface area contributed by atoms with E-state index in [9.17, 15) is 4.79 Å². The molecular formula is C13H16N4O2. The lowest BCUT2D eigenvalue weighted by Gasteiger charge is -2.09. The molecule has 100 valence electrons. The second-order valence-electron chi connectivity index (χ2n) is 4.19. The fourth-order valence-corrected chi connectivity index (χ4v) is 1.76. The van der Waals surface area contributed by atoms with E-state index < -0.39 is 5.97 Å². The molecule has 0 aliphatic rings. The number of nitrogens with two attached hydrogens (primary N) is 1. The Hall–Kier alpha value is -2.50. The molecule has 1 heterocycles. The number of carboxylic acid groups (broad SMARTS) is 1. The molecule has 0 fully saturated rings. The van der Waals surface area contributed by atoms with Crippen LogP contribution >= 0.6 is 0 Å². The first-order valence-corrected chi connectivity index (χ1v) is 5.99. The second kappa shape index (κ2) is 5.90. The summed E-state index contributed by atoms with van der Waals surface area (Å²) in [6, 6.07) is 4.93. The number of carboxylic acids is 1. The van der Waals surface area contributed by atoms with Crippen molar-refractivity contribution >= 4 is 17.3 Å². The Morgan fingerprint density at radius 1 is 1.47 bits per heavy atom. The first-order chi connectivity index (χ1) is 9.16. The lowest BCUT2D eigenvalue weighted by Crippen LogP contribution is -2.08. The highest BCUT2D eigenvalue weighted by Gasteiger charge is 2.08. The van der Waals surface area contributed by atoms with Crippen molar-refractivity contribution in [1.82, 2.24) is 9.55 Å². The van der Waals surface area contributed by atoms with Crippen molar-refractivity contribution in [1.29, 1.82) is 0 Å². The molecule has 19 heavy (non-hydrogen) atoms. The summed E-state index contributed by atoms with van der Waals surface area (Å²) in [5.74, 6) is -1.01. The Labute approximate surface area is 110 Å². The second-order valence-corrected chi connectivity index (χ2v) is 4.19. The molecule has 0 atom stereocenters. The van der Waals surface area contributed by atoms with Crippen molar-refractivity contribution in [2.75, 3.05) is 17.6 Å². The molecule has 0 aliphatic carbocycles. The molecule has 0 amide bonds. The zero-order valence-corrected chi connectivity index (χ0v) is 10.4. The number of aryl methyl sites for hydroxylation is 1. The van der Waals surface area contributed by atoms with Crippen LogP contribution in [-0.2, 0) is 6.54 Å². The summed E-state index contributed by atoms with van der Waals surface area (Å²) in [7, 11) is 0. The molecule has 1 aromatic carbocycles. The maximum absolute atomic E-state index is 10.9. The lowest BCUT2D eigenvalue weighted by molar-refractivity contribution is 0.0698. The molecule has 0 saturated carbocycles. The smallest absolute Gasteiger partial charge is 0.337 e. The van der Waals surface area contributed by atoms with Crippen molar-refractivity contribution in [3.05, 3.63) is 42.5 Å². The van der Waals surface area contributed by atoms with Gasteiger partial charge >= 0.3 is 5.97 Å². The maximum Gasteiger partial charge on any atom is 0.337 e. The Bertz CT molecular complexity index is 552. The van der Waals surface area contributed by atoms with Gasteiger partial charge in [0.2, 0.25) is 0 Å². The number of imidazole rings is 1. The number of nitrogen functional groups attached to an aromatic ring is 1. The van der Waals surface area contributed by atoms with Crippen LogP contribution in [0.15, 0.2) is 36.9 Å². The molecule has 4 N–H and O–H groups in total. The van der Waals surface area contributed by atoms with E-state index in [-0.39, 0.29) is 11.3 Å². The summed E-state index contributed by atoms with van der Waals surface area (Å²) in [6.45, 7) is 1.62. The number of hydrogen-bond acceptors (Lipinski definition) is 4. The first kappa shape index (κ1) is 12.9. The van der Waals surface area contributed by atoms with Gasteiger partial charge in [-0.05, 0) is 24.6 Å². The van der Waals surface area contributed by atoms with Gasteiger partial charge in [0.25, 0.3) is 0 Å². The van der Waals surface area contributed by atoms with Crippen molar-refractivity contribution in [3.8, 4) is 0 Å². The number of aromatic carboxylic acids is 1. The van der Waals surface area contributed by atoms with E-state index in [2.05, 4.69) is 10.3 Å². The minimum absolute atomic E-state index is 0.125. The molecule has 6 nitrogen and oxygen atoms in total. The molecule has 1 aromatic heterocycles. The number of anilines is 2. The number of benzene rings is 1. The summed E-state index contributed by atoms with van der Waals surface area (Å²) in [4.78, 5) is 14.9. The van der Waals surface area contributed by atoms with Gasteiger partial charge in [-0.15, -0.1) is 0 Å². The van der Waals surface area contributed by atoms with Gasteiger partial charge in [0.1, 0.15) is 0 Å². The van der Waals surface area contributed by atoms with E-state index in [0.717, 1.165) is 25.2 Å². The Morgan fingerprint density at radius 2 is 2.32 bits per heavy atom. The molecule has 0 radical (unpaired) electrons. The summed E-state index contributed by atoms with van der Waals surface area (Å²) in [5.41, 5.74) is 6.75. The number of nitrogens with one attached hydrogen (secondary N) is 1. The van der Waals surface area contributed by atoms with Crippen molar-refractivity contribution < 1.29 is 9.90 Å². The Kier molecular flexibility index (Phi) is 4.02. The van der Waals surface area contributed by atoms with Gasteiger partial charge < -0.3 is 20.7 Å². The molecule has 0 saturated heterocycles. The van der Waals surface area contributed by atoms with Gasteiger partial charge in [-0.25, -0.2) is 9.78 Å². The van der Waals surface area contributed by atoms with Gasteiger partial charge in [-0.1, -0.05) is 0 Å². The Morgan fingerprint density at radius 3 is 3.00 bits per heavy atom. The minimum atomic E-state index is -1.01. The summed E-state index contributed by atoms with van der Waals surface area (Å²) in [6.07, 6.45) is 6.34. The average molecular weight is 260 g/mol. The van der Waals surface area contributed by atoms with Gasteiger partial charge in [0, 0.05) is 36.9 Å². The summed E-state index contributed by atoms with van der Waals surface area (Å²) < 4.78 is 1.99. The van der Waals surface area contributed by atoms with E-state index in [1.165, 1.54) is 0 Å². The van der Waals surface area contributed by atoms with E-state index in [1.54, 1.807) is 30.7 Å². The highest BCUT2D eigenvalue weighted by atomic mass is 16.4. The standard InChI is InChI=1S/C13H16N4O2/c14-12-3-2-10(8-11(12)13(18)19)16-4-1-6-17-7-5-15-9-17/h2-3,5,7-9,16H,1,4,6,14H2,(H,18,19). The molecule has 2 aromatic rings. The van der Waals surface area contributed by atoms with Gasteiger partial charge in [-0.2, -0.15) is 0 Å². The number of rotatable bonds is 6. The molecule has 6 heteroatoms. The number of aromatic nitrogens is 2. The van der Waals surface area contributed by atoms with Crippen LogP contribution in [0.4, 0.5) is 11.4 Å². The molecule has 2 rings (SSSR count). The predicted octanol–water partition coefficient (Wildman–Crippen LogP) is 1.67. The van der Waals surface area contributed by atoms with Crippen LogP contribution in [0.5, 0.6) is 0 Å². The van der Waals surface area contributed by atoms with E-state index in [1.807, 2.05) is 10.8 Å². The number of hydrogen-bond donors (Lipinski definition) is 3. The average Bonchev–Trinajstić information content (AvgIpc) is 2.89. The highest BCUT2D eigenvalue weighted by molar-refractivity contribution is 5.94. The predicted molar refractivity (Wildman–Crippen MR) is 73.1 cm³/mol. The largest absolute Gasteiger partial charge is 0.478 e.